The fourth-order valence-electron chi connectivity index (χ4n) is 1.50. The lowest BCUT2D eigenvalue weighted by Crippen LogP contribution is -2.33. The molecule has 0 saturated carbocycles. The standard InChI is InChI=1S/C10H16O5/c1-3-13-9(12)8(11)7-5-6-15-10(7)14-4-2/h7,10H,3-6H2,1-2H3/t7-,10+/m0/s1. The van der Waals surface area contributed by atoms with E-state index in [-0.39, 0.29) is 6.61 Å². The topological polar surface area (TPSA) is 61.8 Å². The number of carbonyl (C=O) groups is 2. The predicted molar refractivity (Wildman–Crippen MR) is 51.1 cm³/mol. The average molecular weight is 216 g/mol. The Morgan fingerprint density at radius 3 is 2.67 bits per heavy atom. The Bertz CT molecular complexity index is 238. The number of hydrogen-bond donors (Lipinski definition) is 0. The molecule has 1 heterocycles. The molecule has 1 fully saturated rings. The Balaban J connectivity index is 2.54. The fourth-order valence-corrected chi connectivity index (χ4v) is 1.50. The summed E-state index contributed by atoms with van der Waals surface area (Å²) in [6.45, 7) is 4.58. The summed E-state index contributed by atoms with van der Waals surface area (Å²) in [5.74, 6) is -1.85. The van der Waals surface area contributed by atoms with E-state index in [1.54, 1.807) is 6.92 Å². The van der Waals surface area contributed by atoms with Crippen molar-refractivity contribution in [2.75, 3.05) is 19.8 Å². The minimum Gasteiger partial charge on any atom is -0.460 e. The van der Waals surface area contributed by atoms with E-state index in [2.05, 4.69) is 4.74 Å². The summed E-state index contributed by atoms with van der Waals surface area (Å²) in [5, 5.41) is 0. The molecule has 0 amide bonds. The Morgan fingerprint density at radius 2 is 2.07 bits per heavy atom. The monoisotopic (exact) mass is 216 g/mol. The zero-order chi connectivity index (χ0) is 11.3. The highest BCUT2D eigenvalue weighted by Gasteiger charge is 2.38. The third kappa shape index (κ3) is 3.00. The lowest BCUT2D eigenvalue weighted by Gasteiger charge is -2.15. The van der Waals surface area contributed by atoms with Crippen molar-refractivity contribution in [1.82, 2.24) is 0 Å². The van der Waals surface area contributed by atoms with Gasteiger partial charge in [0.2, 0.25) is 5.78 Å². The summed E-state index contributed by atoms with van der Waals surface area (Å²) in [4.78, 5) is 22.8. The fraction of sp³-hybridized carbons (Fsp3) is 0.800. The van der Waals surface area contributed by atoms with Crippen LogP contribution >= 0.6 is 0 Å². The minimum atomic E-state index is -0.794. The normalized spacial score (nSPS) is 25.2. The van der Waals surface area contributed by atoms with Crippen molar-refractivity contribution in [3.05, 3.63) is 0 Å². The quantitative estimate of drug-likeness (QED) is 0.495. The van der Waals surface area contributed by atoms with Gasteiger partial charge in [0.1, 0.15) is 0 Å². The number of esters is 1. The molecule has 0 aromatic rings. The largest absolute Gasteiger partial charge is 0.460 e. The molecule has 0 aromatic carbocycles. The number of carbonyl (C=O) groups excluding carboxylic acids is 2. The SMILES string of the molecule is CCOC(=O)C(=O)[C@@H]1CCO[C@H]1OCC. The highest BCUT2D eigenvalue weighted by molar-refractivity contribution is 6.34. The molecule has 0 unspecified atom stereocenters. The summed E-state index contributed by atoms with van der Waals surface area (Å²) in [5.41, 5.74) is 0. The van der Waals surface area contributed by atoms with Gasteiger partial charge in [-0.15, -0.1) is 0 Å². The molecule has 5 heteroatoms. The van der Waals surface area contributed by atoms with E-state index in [1.807, 2.05) is 6.92 Å². The van der Waals surface area contributed by atoms with Gasteiger partial charge in [0, 0.05) is 6.61 Å². The molecular formula is C10H16O5. The van der Waals surface area contributed by atoms with Crippen LogP contribution in [0.1, 0.15) is 20.3 Å². The Morgan fingerprint density at radius 1 is 1.33 bits per heavy atom. The van der Waals surface area contributed by atoms with E-state index in [0.29, 0.717) is 19.6 Å². The lowest BCUT2D eigenvalue weighted by molar-refractivity contribution is -0.165. The van der Waals surface area contributed by atoms with Gasteiger partial charge in [-0.05, 0) is 20.3 Å². The van der Waals surface area contributed by atoms with Gasteiger partial charge in [-0.1, -0.05) is 0 Å². The molecule has 0 aromatic heterocycles. The number of ether oxygens (including phenoxy) is 3. The third-order valence-corrected chi connectivity index (χ3v) is 2.18. The van der Waals surface area contributed by atoms with Crippen LogP contribution in [-0.2, 0) is 23.8 Å². The molecule has 86 valence electrons. The van der Waals surface area contributed by atoms with E-state index < -0.39 is 24.0 Å². The third-order valence-electron chi connectivity index (χ3n) is 2.18. The molecule has 15 heavy (non-hydrogen) atoms. The van der Waals surface area contributed by atoms with E-state index in [9.17, 15) is 9.59 Å². The molecule has 1 rings (SSSR count). The van der Waals surface area contributed by atoms with Gasteiger partial charge >= 0.3 is 5.97 Å². The van der Waals surface area contributed by atoms with Gasteiger partial charge in [0.05, 0.1) is 19.1 Å². The first-order chi connectivity index (χ1) is 7.20. The van der Waals surface area contributed by atoms with Gasteiger partial charge in [0.15, 0.2) is 6.29 Å². The number of hydrogen-bond acceptors (Lipinski definition) is 5. The van der Waals surface area contributed by atoms with Gasteiger partial charge in [0.25, 0.3) is 0 Å². The van der Waals surface area contributed by atoms with Crippen molar-refractivity contribution >= 4 is 11.8 Å². The van der Waals surface area contributed by atoms with Crippen molar-refractivity contribution < 1.29 is 23.8 Å². The maximum absolute atomic E-state index is 11.6. The summed E-state index contributed by atoms with van der Waals surface area (Å²) < 4.78 is 15.1. The van der Waals surface area contributed by atoms with Crippen molar-refractivity contribution in [3.8, 4) is 0 Å². The van der Waals surface area contributed by atoms with E-state index in [1.165, 1.54) is 0 Å². The second-order valence-corrected chi connectivity index (χ2v) is 3.17. The molecule has 1 saturated heterocycles. The van der Waals surface area contributed by atoms with Crippen LogP contribution in [0.15, 0.2) is 0 Å². The minimum absolute atomic E-state index is 0.206. The summed E-state index contributed by atoms with van der Waals surface area (Å²) in [6, 6.07) is 0. The Hall–Kier alpha value is -0.940. The summed E-state index contributed by atoms with van der Waals surface area (Å²) in [6.07, 6.45) is -0.0746. The van der Waals surface area contributed by atoms with Crippen LogP contribution in [0.3, 0.4) is 0 Å². The van der Waals surface area contributed by atoms with Gasteiger partial charge < -0.3 is 14.2 Å². The van der Waals surface area contributed by atoms with Crippen molar-refractivity contribution in [2.45, 2.75) is 26.6 Å². The van der Waals surface area contributed by atoms with Gasteiger partial charge in [-0.25, -0.2) is 4.79 Å². The average Bonchev–Trinajstić information content (AvgIpc) is 2.66. The molecule has 5 nitrogen and oxygen atoms in total. The van der Waals surface area contributed by atoms with Gasteiger partial charge in [-0.2, -0.15) is 0 Å². The predicted octanol–water partition coefficient (Wildman–Crippen LogP) is 0.518. The Kier molecular flexibility index (Phi) is 4.71. The summed E-state index contributed by atoms with van der Waals surface area (Å²) in [7, 11) is 0. The number of Topliss-reactive ketones (excluding diaryl/α,β-unsaturated/α-hetero) is 1. The van der Waals surface area contributed by atoms with E-state index in [4.69, 9.17) is 9.47 Å². The molecule has 1 aliphatic rings. The molecule has 0 N–H and O–H groups in total. The van der Waals surface area contributed by atoms with E-state index >= 15 is 0 Å². The molecule has 0 radical (unpaired) electrons. The highest BCUT2D eigenvalue weighted by atomic mass is 16.7. The first kappa shape index (κ1) is 12.1. The van der Waals surface area contributed by atoms with Crippen LogP contribution in [0.2, 0.25) is 0 Å². The molecule has 0 aliphatic carbocycles. The first-order valence-corrected chi connectivity index (χ1v) is 5.14. The zero-order valence-electron chi connectivity index (χ0n) is 9.02. The van der Waals surface area contributed by atoms with Crippen LogP contribution in [0.4, 0.5) is 0 Å². The smallest absolute Gasteiger partial charge is 0.375 e. The van der Waals surface area contributed by atoms with Crippen molar-refractivity contribution in [1.29, 1.82) is 0 Å². The van der Waals surface area contributed by atoms with Crippen LogP contribution in [0, 0.1) is 5.92 Å². The number of rotatable bonds is 5. The highest BCUT2D eigenvalue weighted by Crippen LogP contribution is 2.23. The lowest BCUT2D eigenvalue weighted by atomic mass is 10.0. The Labute approximate surface area is 88.7 Å². The molecule has 1 aliphatic heterocycles. The molecule has 0 spiro atoms. The second kappa shape index (κ2) is 5.82. The molecule has 0 bridgehead atoms. The maximum Gasteiger partial charge on any atom is 0.375 e. The summed E-state index contributed by atoms with van der Waals surface area (Å²) >= 11 is 0. The zero-order valence-corrected chi connectivity index (χ0v) is 9.02. The van der Waals surface area contributed by atoms with Crippen LogP contribution in [-0.4, -0.2) is 37.9 Å². The molecular weight excluding hydrogens is 200 g/mol. The van der Waals surface area contributed by atoms with Crippen LogP contribution in [0.5, 0.6) is 0 Å². The second-order valence-electron chi connectivity index (χ2n) is 3.17. The first-order valence-electron chi connectivity index (χ1n) is 5.14. The van der Waals surface area contributed by atoms with E-state index in [0.717, 1.165) is 0 Å². The van der Waals surface area contributed by atoms with Gasteiger partial charge in [-0.3, -0.25) is 4.79 Å². The van der Waals surface area contributed by atoms with Crippen LogP contribution in [0.25, 0.3) is 0 Å². The number of ketones is 1. The molecule has 2 atom stereocenters. The van der Waals surface area contributed by atoms with Crippen molar-refractivity contribution in [3.63, 3.8) is 0 Å². The maximum atomic E-state index is 11.6. The van der Waals surface area contributed by atoms with Crippen LogP contribution < -0.4 is 0 Å². The van der Waals surface area contributed by atoms with Crippen molar-refractivity contribution in [2.24, 2.45) is 5.92 Å².